The average molecular weight is 315 g/mol. The van der Waals surface area contributed by atoms with Gasteiger partial charge in [0.1, 0.15) is 13.1 Å². The molecule has 122 valence electrons. The first-order valence-corrected chi connectivity index (χ1v) is 8.08. The van der Waals surface area contributed by atoms with Crippen molar-refractivity contribution in [1.29, 1.82) is 0 Å². The molecule has 6 nitrogen and oxygen atoms in total. The second kappa shape index (κ2) is 7.02. The van der Waals surface area contributed by atoms with Crippen LogP contribution in [0.25, 0.3) is 11.0 Å². The van der Waals surface area contributed by atoms with Crippen LogP contribution in [0.5, 0.6) is 0 Å². The Labute approximate surface area is 135 Å². The number of rotatable bonds is 4. The number of amides is 1. The summed E-state index contributed by atoms with van der Waals surface area (Å²) in [4.78, 5) is 22.8. The normalized spacial score (nSPS) is 15.7. The quantitative estimate of drug-likeness (QED) is 0.826. The predicted octanol–water partition coefficient (Wildman–Crippen LogP) is -0.108. The van der Waals surface area contributed by atoms with Crippen LogP contribution in [0.15, 0.2) is 18.2 Å². The summed E-state index contributed by atoms with van der Waals surface area (Å²) in [5.41, 5.74) is 4.03. The molecule has 1 saturated heterocycles. The van der Waals surface area contributed by atoms with Gasteiger partial charge in [0.05, 0.1) is 48.7 Å². The lowest BCUT2D eigenvalue weighted by molar-refractivity contribution is -0.906. The van der Waals surface area contributed by atoms with E-state index in [4.69, 9.17) is 4.74 Å². The molecular weight excluding hydrogens is 292 g/mol. The minimum Gasteiger partial charge on any atom is -0.370 e. The summed E-state index contributed by atoms with van der Waals surface area (Å²) in [6, 6.07) is 5.48. The Bertz CT molecular complexity index is 711. The molecule has 0 radical (unpaired) electrons. The van der Waals surface area contributed by atoms with Crippen molar-refractivity contribution in [2.45, 2.75) is 13.8 Å². The van der Waals surface area contributed by atoms with E-state index in [0.29, 0.717) is 12.1 Å². The lowest BCUT2D eigenvalue weighted by atomic mass is 10.1. The summed E-state index contributed by atoms with van der Waals surface area (Å²) in [7, 11) is 0. The van der Waals surface area contributed by atoms with Crippen molar-refractivity contribution < 1.29 is 14.4 Å². The molecular formula is C17H23N4O2+. The van der Waals surface area contributed by atoms with E-state index in [1.807, 2.05) is 32.0 Å². The third-order valence-electron chi connectivity index (χ3n) is 4.30. The molecule has 3 rings (SSSR count). The zero-order valence-corrected chi connectivity index (χ0v) is 13.7. The van der Waals surface area contributed by atoms with Crippen LogP contribution in [0.2, 0.25) is 0 Å². The number of carbonyl (C=O) groups is 1. The molecule has 23 heavy (non-hydrogen) atoms. The Hall–Kier alpha value is -2.05. The fourth-order valence-electron chi connectivity index (χ4n) is 2.74. The van der Waals surface area contributed by atoms with Crippen LogP contribution in [0.1, 0.15) is 21.7 Å². The number of nitrogens with zero attached hydrogens (tertiary/aromatic N) is 2. The minimum absolute atomic E-state index is 0.0559. The molecule has 1 amide bonds. The summed E-state index contributed by atoms with van der Waals surface area (Å²) in [6.07, 6.45) is 0. The lowest BCUT2D eigenvalue weighted by Gasteiger charge is -2.23. The van der Waals surface area contributed by atoms with Crippen LogP contribution < -0.4 is 10.2 Å². The average Bonchev–Trinajstić information content (AvgIpc) is 2.56. The second-order valence-corrected chi connectivity index (χ2v) is 5.97. The predicted molar refractivity (Wildman–Crippen MR) is 87.7 cm³/mol. The Morgan fingerprint density at radius 3 is 2.61 bits per heavy atom. The molecule has 1 aromatic heterocycles. The summed E-state index contributed by atoms with van der Waals surface area (Å²) in [5.74, 6) is -0.0559. The van der Waals surface area contributed by atoms with Crippen LogP contribution in [-0.4, -0.2) is 55.3 Å². The van der Waals surface area contributed by atoms with Gasteiger partial charge in [-0.05, 0) is 32.0 Å². The van der Waals surface area contributed by atoms with Gasteiger partial charge < -0.3 is 15.0 Å². The fourth-order valence-corrected chi connectivity index (χ4v) is 2.74. The van der Waals surface area contributed by atoms with E-state index in [1.165, 1.54) is 4.90 Å². The molecule has 6 heteroatoms. The van der Waals surface area contributed by atoms with E-state index in [-0.39, 0.29) is 5.91 Å². The van der Waals surface area contributed by atoms with Crippen LogP contribution in [0, 0.1) is 13.8 Å². The van der Waals surface area contributed by atoms with Crippen LogP contribution in [0.3, 0.4) is 0 Å². The Morgan fingerprint density at radius 1 is 1.17 bits per heavy atom. The molecule has 1 aliphatic rings. The third-order valence-corrected chi connectivity index (χ3v) is 4.30. The Morgan fingerprint density at radius 2 is 1.87 bits per heavy atom. The maximum Gasteiger partial charge on any atom is 0.251 e. The highest BCUT2D eigenvalue weighted by molar-refractivity contribution is 5.97. The molecule has 0 unspecified atom stereocenters. The lowest BCUT2D eigenvalue weighted by Crippen LogP contribution is -3.14. The molecule has 2 N–H and O–H groups in total. The Kier molecular flexibility index (Phi) is 4.83. The number of fused-ring (bicyclic) bond motifs is 1. The number of hydrogen-bond donors (Lipinski definition) is 2. The second-order valence-electron chi connectivity index (χ2n) is 5.97. The molecule has 2 heterocycles. The van der Waals surface area contributed by atoms with Crippen molar-refractivity contribution in [3.63, 3.8) is 0 Å². The highest BCUT2D eigenvalue weighted by Crippen LogP contribution is 2.14. The number of quaternary nitrogens is 1. The minimum atomic E-state index is -0.0559. The number of nitrogens with one attached hydrogen (secondary N) is 2. The van der Waals surface area contributed by atoms with E-state index in [1.54, 1.807) is 0 Å². The van der Waals surface area contributed by atoms with E-state index in [2.05, 4.69) is 15.3 Å². The number of ether oxygens (including phenoxy) is 1. The largest absolute Gasteiger partial charge is 0.370 e. The highest BCUT2D eigenvalue weighted by Gasteiger charge is 2.14. The van der Waals surface area contributed by atoms with E-state index in [0.717, 1.165) is 55.3 Å². The smallest absolute Gasteiger partial charge is 0.251 e. The zero-order chi connectivity index (χ0) is 16.2. The van der Waals surface area contributed by atoms with Crippen molar-refractivity contribution in [1.82, 2.24) is 15.3 Å². The number of morpholine rings is 1. The molecule has 0 saturated carbocycles. The fraction of sp³-hybridized carbons (Fsp3) is 0.471. The SMILES string of the molecule is Cc1nc2ccc(C(=O)NCC[NH+]3CCOCC3)cc2nc1C. The van der Waals surface area contributed by atoms with Crippen molar-refractivity contribution >= 4 is 16.9 Å². The standard InChI is InChI=1S/C17H22N4O2/c1-12-13(2)20-16-11-14(3-4-15(16)19-12)17(22)18-5-6-21-7-9-23-10-8-21/h3-4,11H,5-10H2,1-2H3,(H,18,22)/p+1. The molecule has 1 fully saturated rings. The molecule has 0 bridgehead atoms. The zero-order valence-electron chi connectivity index (χ0n) is 13.7. The number of aromatic nitrogens is 2. The van der Waals surface area contributed by atoms with Crippen LogP contribution in [0.4, 0.5) is 0 Å². The van der Waals surface area contributed by atoms with Gasteiger partial charge in [-0.3, -0.25) is 4.79 Å². The van der Waals surface area contributed by atoms with Crippen molar-refractivity contribution in [2.75, 3.05) is 39.4 Å². The van der Waals surface area contributed by atoms with Gasteiger partial charge in [-0.2, -0.15) is 0 Å². The van der Waals surface area contributed by atoms with Gasteiger partial charge in [0.15, 0.2) is 0 Å². The first kappa shape index (κ1) is 15.8. The molecule has 2 aromatic rings. The summed E-state index contributed by atoms with van der Waals surface area (Å²) >= 11 is 0. The van der Waals surface area contributed by atoms with Gasteiger partial charge in [0.25, 0.3) is 5.91 Å². The number of aryl methyl sites for hydroxylation is 2. The van der Waals surface area contributed by atoms with Gasteiger partial charge in [0.2, 0.25) is 0 Å². The van der Waals surface area contributed by atoms with Crippen molar-refractivity contribution in [3.8, 4) is 0 Å². The third kappa shape index (κ3) is 3.83. The summed E-state index contributed by atoms with van der Waals surface area (Å²) in [5, 5.41) is 2.99. The first-order valence-electron chi connectivity index (χ1n) is 8.08. The topological polar surface area (TPSA) is 68.5 Å². The van der Waals surface area contributed by atoms with Crippen LogP contribution in [-0.2, 0) is 4.74 Å². The number of benzene rings is 1. The maximum atomic E-state index is 12.3. The van der Waals surface area contributed by atoms with Gasteiger partial charge in [-0.1, -0.05) is 0 Å². The number of hydrogen-bond acceptors (Lipinski definition) is 4. The maximum absolute atomic E-state index is 12.3. The van der Waals surface area contributed by atoms with E-state index < -0.39 is 0 Å². The highest BCUT2D eigenvalue weighted by atomic mass is 16.5. The summed E-state index contributed by atoms with van der Waals surface area (Å²) in [6.45, 7) is 9.12. The first-order chi connectivity index (χ1) is 11.1. The molecule has 0 spiro atoms. The van der Waals surface area contributed by atoms with Crippen molar-refractivity contribution in [2.24, 2.45) is 0 Å². The van der Waals surface area contributed by atoms with Gasteiger partial charge >= 0.3 is 0 Å². The molecule has 0 aliphatic carbocycles. The Balaban J connectivity index is 1.62. The molecule has 1 aliphatic heterocycles. The van der Waals surface area contributed by atoms with E-state index >= 15 is 0 Å². The van der Waals surface area contributed by atoms with Gasteiger partial charge in [-0.15, -0.1) is 0 Å². The summed E-state index contributed by atoms with van der Waals surface area (Å²) < 4.78 is 5.33. The van der Waals surface area contributed by atoms with Gasteiger partial charge in [0, 0.05) is 5.56 Å². The molecule has 0 atom stereocenters. The van der Waals surface area contributed by atoms with Gasteiger partial charge in [-0.25, -0.2) is 9.97 Å². The van der Waals surface area contributed by atoms with E-state index in [9.17, 15) is 4.79 Å². The van der Waals surface area contributed by atoms with Crippen molar-refractivity contribution in [3.05, 3.63) is 35.2 Å². The molecule has 1 aromatic carbocycles. The monoisotopic (exact) mass is 315 g/mol. The number of carbonyl (C=O) groups excluding carboxylic acids is 1. The van der Waals surface area contributed by atoms with Crippen LogP contribution >= 0.6 is 0 Å².